The highest BCUT2D eigenvalue weighted by Crippen LogP contribution is 2.18. The number of carbonyl (C=O) groups excluding carboxylic acids is 1. The van der Waals surface area contributed by atoms with Gasteiger partial charge in [0.1, 0.15) is 5.75 Å². The van der Waals surface area contributed by atoms with Crippen molar-refractivity contribution in [3.8, 4) is 5.75 Å². The molecule has 0 spiro atoms. The number of carbonyl (C=O) groups is 1. The van der Waals surface area contributed by atoms with Gasteiger partial charge < -0.3 is 10.0 Å². The number of nitrogens with zero attached hydrogens (tertiary/aromatic N) is 1. The smallest absolute Gasteiger partial charge is 0.253 e. The summed E-state index contributed by atoms with van der Waals surface area (Å²) >= 11 is 0. The van der Waals surface area contributed by atoms with Crippen LogP contribution in [0.15, 0.2) is 18.2 Å². The standard InChI is InChI=1S/C13H19NO2/c1-4-8-14(5-2)13(16)11-6-7-12(15)10(3)9-11/h6-7,9,15H,4-5,8H2,1-3H3. The molecule has 88 valence electrons. The molecule has 1 rings (SSSR count). The summed E-state index contributed by atoms with van der Waals surface area (Å²) in [5, 5.41) is 9.40. The average molecular weight is 221 g/mol. The van der Waals surface area contributed by atoms with Gasteiger partial charge >= 0.3 is 0 Å². The maximum absolute atomic E-state index is 12.1. The van der Waals surface area contributed by atoms with Gasteiger partial charge in [0.2, 0.25) is 0 Å². The molecule has 3 heteroatoms. The lowest BCUT2D eigenvalue weighted by atomic mass is 10.1. The lowest BCUT2D eigenvalue weighted by molar-refractivity contribution is 0.0764. The predicted molar refractivity (Wildman–Crippen MR) is 64.7 cm³/mol. The number of phenols is 1. The Bertz CT molecular complexity index is 374. The van der Waals surface area contributed by atoms with E-state index in [0.29, 0.717) is 12.1 Å². The summed E-state index contributed by atoms with van der Waals surface area (Å²) in [7, 11) is 0. The average Bonchev–Trinajstić information content (AvgIpc) is 2.28. The normalized spacial score (nSPS) is 10.2. The highest BCUT2D eigenvalue weighted by atomic mass is 16.3. The number of hydrogen-bond donors (Lipinski definition) is 1. The van der Waals surface area contributed by atoms with Crippen molar-refractivity contribution in [2.45, 2.75) is 27.2 Å². The molecule has 0 bridgehead atoms. The predicted octanol–water partition coefficient (Wildman–Crippen LogP) is 2.57. The first-order valence-corrected chi connectivity index (χ1v) is 5.69. The fourth-order valence-electron chi connectivity index (χ4n) is 1.64. The second-order valence-corrected chi connectivity index (χ2v) is 3.89. The van der Waals surface area contributed by atoms with Crippen LogP contribution in [0.3, 0.4) is 0 Å². The minimum Gasteiger partial charge on any atom is -0.508 e. The van der Waals surface area contributed by atoms with Gasteiger partial charge in [-0.15, -0.1) is 0 Å². The Morgan fingerprint density at radius 3 is 2.56 bits per heavy atom. The number of rotatable bonds is 4. The molecule has 0 saturated heterocycles. The zero-order valence-electron chi connectivity index (χ0n) is 10.2. The summed E-state index contributed by atoms with van der Waals surface area (Å²) in [5.41, 5.74) is 1.38. The Morgan fingerprint density at radius 2 is 2.06 bits per heavy atom. The van der Waals surface area contributed by atoms with E-state index in [4.69, 9.17) is 0 Å². The second-order valence-electron chi connectivity index (χ2n) is 3.89. The van der Waals surface area contributed by atoms with Crippen LogP contribution < -0.4 is 0 Å². The Hall–Kier alpha value is -1.51. The molecule has 0 heterocycles. The first kappa shape index (κ1) is 12.6. The topological polar surface area (TPSA) is 40.5 Å². The van der Waals surface area contributed by atoms with Crippen molar-refractivity contribution in [2.24, 2.45) is 0 Å². The monoisotopic (exact) mass is 221 g/mol. The Balaban J connectivity index is 2.90. The van der Waals surface area contributed by atoms with Crippen LogP contribution in [0.5, 0.6) is 5.75 Å². The van der Waals surface area contributed by atoms with Gasteiger partial charge in [0.25, 0.3) is 5.91 Å². The molecular weight excluding hydrogens is 202 g/mol. The third-order valence-electron chi connectivity index (χ3n) is 2.61. The van der Waals surface area contributed by atoms with Crippen molar-refractivity contribution in [1.82, 2.24) is 4.90 Å². The number of aromatic hydroxyl groups is 1. The Morgan fingerprint density at radius 1 is 1.38 bits per heavy atom. The molecular formula is C13H19NO2. The van der Waals surface area contributed by atoms with Crippen LogP contribution in [0, 0.1) is 6.92 Å². The first-order valence-electron chi connectivity index (χ1n) is 5.69. The van der Waals surface area contributed by atoms with Gasteiger partial charge in [-0.2, -0.15) is 0 Å². The minimum absolute atomic E-state index is 0.0347. The van der Waals surface area contributed by atoms with Gasteiger partial charge in [0, 0.05) is 18.7 Å². The van der Waals surface area contributed by atoms with Crippen LogP contribution in [-0.2, 0) is 0 Å². The number of hydrogen-bond acceptors (Lipinski definition) is 2. The summed E-state index contributed by atoms with van der Waals surface area (Å²) in [6, 6.07) is 4.97. The summed E-state index contributed by atoms with van der Waals surface area (Å²) in [4.78, 5) is 13.9. The van der Waals surface area contributed by atoms with E-state index in [9.17, 15) is 9.90 Å². The van der Waals surface area contributed by atoms with Crippen molar-refractivity contribution >= 4 is 5.91 Å². The largest absolute Gasteiger partial charge is 0.508 e. The Labute approximate surface area is 96.7 Å². The van der Waals surface area contributed by atoms with Gasteiger partial charge in [-0.05, 0) is 44.0 Å². The summed E-state index contributed by atoms with van der Waals surface area (Å²) < 4.78 is 0. The van der Waals surface area contributed by atoms with E-state index in [-0.39, 0.29) is 11.7 Å². The molecule has 0 aliphatic carbocycles. The molecule has 0 atom stereocenters. The van der Waals surface area contributed by atoms with E-state index in [2.05, 4.69) is 6.92 Å². The van der Waals surface area contributed by atoms with Crippen molar-refractivity contribution in [3.63, 3.8) is 0 Å². The van der Waals surface area contributed by atoms with Crippen LogP contribution in [-0.4, -0.2) is 29.0 Å². The molecule has 1 N–H and O–H groups in total. The third-order valence-corrected chi connectivity index (χ3v) is 2.61. The van der Waals surface area contributed by atoms with Crippen LogP contribution in [0.2, 0.25) is 0 Å². The van der Waals surface area contributed by atoms with Gasteiger partial charge in [0.15, 0.2) is 0 Å². The van der Waals surface area contributed by atoms with E-state index in [0.717, 1.165) is 18.5 Å². The molecule has 0 saturated carbocycles. The van der Waals surface area contributed by atoms with Crippen molar-refractivity contribution in [3.05, 3.63) is 29.3 Å². The molecule has 0 aliphatic rings. The van der Waals surface area contributed by atoms with Crippen LogP contribution in [0.4, 0.5) is 0 Å². The fraction of sp³-hybridized carbons (Fsp3) is 0.462. The molecule has 16 heavy (non-hydrogen) atoms. The molecule has 1 amide bonds. The van der Waals surface area contributed by atoms with Gasteiger partial charge in [-0.3, -0.25) is 4.79 Å². The van der Waals surface area contributed by atoms with E-state index in [1.165, 1.54) is 0 Å². The van der Waals surface area contributed by atoms with Crippen LogP contribution in [0.1, 0.15) is 36.2 Å². The van der Waals surface area contributed by atoms with Crippen LogP contribution >= 0.6 is 0 Å². The highest BCUT2D eigenvalue weighted by Gasteiger charge is 2.13. The second kappa shape index (κ2) is 5.54. The maximum Gasteiger partial charge on any atom is 0.253 e. The molecule has 0 radical (unpaired) electrons. The van der Waals surface area contributed by atoms with Gasteiger partial charge in [-0.1, -0.05) is 6.92 Å². The quantitative estimate of drug-likeness (QED) is 0.849. The van der Waals surface area contributed by atoms with E-state index in [1.807, 2.05) is 11.8 Å². The molecule has 3 nitrogen and oxygen atoms in total. The molecule has 1 aromatic rings. The summed E-state index contributed by atoms with van der Waals surface area (Å²) in [6.45, 7) is 7.31. The molecule has 0 aromatic heterocycles. The van der Waals surface area contributed by atoms with Crippen LogP contribution in [0.25, 0.3) is 0 Å². The number of aryl methyl sites for hydroxylation is 1. The van der Waals surface area contributed by atoms with Gasteiger partial charge in [-0.25, -0.2) is 0 Å². The third kappa shape index (κ3) is 2.75. The van der Waals surface area contributed by atoms with Crippen molar-refractivity contribution in [2.75, 3.05) is 13.1 Å². The zero-order chi connectivity index (χ0) is 12.1. The molecule has 1 aromatic carbocycles. The molecule has 0 unspecified atom stereocenters. The lowest BCUT2D eigenvalue weighted by Gasteiger charge is -2.20. The highest BCUT2D eigenvalue weighted by molar-refractivity contribution is 5.94. The Kier molecular flexibility index (Phi) is 4.35. The number of phenolic OH excluding ortho intramolecular Hbond substituents is 1. The summed E-state index contributed by atoms with van der Waals surface area (Å²) in [5.74, 6) is 0.266. The number of benzene rings is 1. The zero-order valence-corrected chi connectivity index (χ0v) is 10.2. The fourth-order valence-corrected chi connectivity index (χ4v) is 1.64. The van der Waals surface area contributed by atoms with Crippen molar-refractivity contribution < 1.29 is 9.90 Å². The maximum atomic E-state index is 12.1. The van der Waals surface area contributed by atoms with Gasteiger partial charge in [0.05, 0.1) is 0 Å². The number of amides is 1. The molecule has 0 aliphatic heterocycles. The lowest BCUT2D eigenvalue weighted by Crippen LogP contribution is -2.31. The van der Waals surface area contributed by atoms with E-state index < -0.39 is 0 Å². The molecule has 0 fully saturated rings. The van der Waals surface area contributed by atoms with E-state index >= 15 is 0 Å². The van der Waals surface area contributed by atoms with Crippen molar-refractivity contribution in [1.29, 1.82) is 0 Å². The first-order chi connectivity index (χ1) is 7.60. The minimum atomic E-state index is 0.0347. The SMILES string of the molecule is CCCN(CC)C(=O)c1ccc(O)c(C)c1. The van der Waals surface area contributed by atoms with E-state index in [1.54, 1.807) is 25.1 Å². The summed E-state index contributed by atoms with van der Waals surface area (Å²) in [6.07, 6.45) is 0.955.